The van der Waals surface area contributed by atoms with Gasteiger partial charge in [0, 0.05) is 10.9 Å². The van der Waals surface area contributed by atoms with Gasteiger partial charge in [-0.15, -0.1) is 11.3 Å². The Labute approximate surface area is 107 Å². The van der Waals surface area contributed by atoms with Gasteiger partial charge in [-0.1, -0.05) is 0 Å². The van der Waals surface area contributed by atoms with Crippen molar-refractivity contribution in [2.24, 2.45) is 5.73 Å². The van der Waals surface area contributed by atoms with Crippen molar-refractivity contribution in [1.82, 2.24) is 4.98 Å². The first-order valence-electron chi connectivity index (χ1n) is 5.32. The third-order valence-corrected chi connectivity index (χ3v) is 3.33. The normalized spacial score (nSPS) is 12.7. The van der Waals surface area contributed by atoms with Crippen molar-refractivity contribution in [2.75, 3.05) is 0 Å². The van der Waals surface area contributed by atoms with Crippen LogP contribution in [0.3, 0.4) is 0 Å². The first kappa shape index (κ1) is 12.9. The Morgan fingerprint density at radius 1 is 1.28 bits per heavy atom. The van der Waals surface area contributed by atoms with Crippen LogP contribution in [-0.2, 0) is 0 Å². The van der Waals surface area contributed by atoms with Crippen LogP contribution < -0.4 is 10.5 Å². The van der Waals surface area contributed by atoms with Gasteiger partial charge in [0.2, 0.25) is 0 Å². The van der Waals surface area contributed by atoms with Gasteiger partial charge in [-0.3, -0.25) is 0 Å². The lowest BCUT2D eigenvalue weighted by Crippen LogP contribution is -2.03. The van der Waals surface area contributed by atoms with E-state index in [1.807, 2.05) is 12.3 Å². The van der Waals surface area contributed by atoms with Gasteiger partial charge in [0.05, 0.1) is 11.7 Å². The van der Waals surface area contributed by atoms with Gasteiger partial charge in [-0.25, -0.2) is 4.98 Å². The van der Waals surface area contributed by atoms with Crippen molar-refractivity contribution in [3.63, 3.8) is 0 Å². The highest BCUT2D eigenvalue weighted by Crippen LogP contribution is 2.26. The summed E-state index contributed by atoms with van der Waals surface area (Å²) >= 11 is 1.48. The molecule has 0 aliphatic heterocycles. The van der Waals surface area contributed by atoms with E-state index in [2.05, 4.69) is 9.72 Å². The molecule has 18 heavy (non-hydrogen) atoms. The molecule has 0 fully saturated rings. The minimum Gasteiger partial charge on any atom is -0.435 e. The van der Waals surface area contributed by atoms with Crippen LogP contribution in [-0.4, -0.2) is 11.6 Å². The Bertz CT molecular complexity index is 511. The maximum atomic E-state index is 12.0. The minimum absolute atomic E-state index is 0.106. The Kier molecular flexibility index (Phi) is 3.88. The fourth-order valence-electron chi connectivity index (χ4n) is 1.44. The molecule has 0 amide bonds. The fourth-order valence-corrected chi connectivity index (χ4v) is 2.22. The van der Waals surface area contributed by atoms with Gasteiger partial charge in [0.15, 0.2) is 0 Å². The average Bonchev–Trinajstić information content (AvgIpc) is 2.78. The van der Waals surface area contributed by atoms with Crippen LogP contribution >= 0.6 is 11.3 Å². The summed E-state index contributed by atoms with van der Waals surface area (Å²) in [5, 5.41) is 2.74. The number of alkyl halides is 2. The topological polar surface area (TPSA) is 48.1 Å². The predicted molar refractivity (Wildman–Crippen MR) is 66.8 cm³/mol. The maximum Gasteiger partial charge on any atom is 0.387 e. The summed E-state index contributed by atoms with van der Waals surface area (Å²) in [6, 6.07) is 6.26. The van der Waals surface area contributed by atoms with Crippen molar-refractivity contribution < 1.29 is 13.5 Å². The second-order valence-electron chi connectivity index (χ2n) is 3.76. The number of hydrogen-bond acceptors (Lipinski definition) is 4. The maximum absolute atomic E-state index is 12.0. The van der Waals surface area contributed by atoms with E-state index in [9.17, 15) is 8.78 Å². The van der Waals surface area contributed by atoms with Gasteiger partial charge in [-0.05, 0) is 31.2 Å². The number of hydrogen-bond donors (Lipinski definition) is 1. The molecule has 0 aliphatic rings. The molecule has 1 atom stereocenters. The smallest absolute Gasteiger partial charge is 0.387 e. The molecule has 2 N–H and O–H groups in total. The number of nitrogens with two attached hydrogens (primary N) is 1. The number of benzene rings is 1. The molecule has 0 spiro atoms. The molecule has 0 radical (unpaired) electrons. The highest BCUT2D eigenvalue weighted by Gasteiger charge is 2.09. The standard InChI is InChI=1S/C12H12F2N2OS/c1-7(15)11-16-10(6-18-11)8-2-4-9(5-3-8)17-12(13)14/h2-7,12H,15H2,1H3. The quantitative estimate of drug-likeness (QED) is 0.925. The summed E-state index contributed by atoms with van der Waals surface area (Å²) in [6.07, 6.45) is 0. The second kappa shape index (κ2) is 5.41. The second-order valence-corrected chi connectivity index (χ2v) is 4.65. The van der Waals surface area contributed by atoms with Crippen molar-refractivity contribution in [2.45, 2.75) is 19.6 Å². The minimum atomic E-state index is -2.81. The van der Waals surface area contributed by atoms with Crippen LogP contribution in [0.5, 0.6) is 5.75 Å². The van der Waals surface area contributed by atoms with E-state index >= 15 is 0 Å². The molecule has 1 aromatic heterocycles. The third kappa shape index (κ3) is 3.02. The van der Waals surface area contributed by atoms with Gasteiger partial charge < -0.3 is 10.5 Å². The molecular formula is C12H12F2N2OS. The fraction of sp³-hybridized carbons (Fsp3) is 0.250. The Morgan fingerprint density at radius 3 is 2.44 bits per heavy atom. The Balaban J connectivity index is 2.17. The zero-order chi connectivity index (χ0) is 13.1. The van der Waals surface area contributed by atoms with Gasteiger partial charge in [-0.2, -0.15) is 8.78 Å². The van der Waals surface area contributed by atoms with Gasteiger partial charge in [0.25, 0.3) is 0 Å². The van der Waals surface area contributed by atoms with Crippen LogP contribution in [0.15, 0.2) is 29.6 Å². The van der Waals surface area contributed by atoms with Crippen LogP contribution in [0.25, 0.3) is 11.3 Å². The lowest BCUT2D eigenvalue weighted by atomic mass is 10.2. The Morgan fingerprint density at radius 2 is 1.94 bits per heavy atom. The molecule has 96 valence electrons. The van der Waals surface area contributed by atoms with E-state index in [4.69, 9.17) is 5.73 Å². The highest BCUT2D eigenvalue weighted by atomic mass is 32.1. The summed E-state index contributed by atoms with van der Waals surface area (Å²) in [5.74, 6) is 0.136. The molecule has 2 aromatic rings. The molecule has 1 aromatic carbocycles. The SMILES string of the molecule is CC(N)c1nc(-c2ccc(OC(F)F)cc2)cs1. The van der Waals surface area contributed by atoms with Crippen molar-refractivity contribution in [1.29, 1.82) is 0 Å². The molecule has 0 bridgehead atoms. The van der Waals surface area contributed by atoms with Crippen molar-refractivity contribution in [3.05, 3.63) is 34.7 Å². The highest BCUT2D eigenvalue weighted by molar-refractivity contribution is 7.10. The zero-order valence-electron chi connectivity index (χ0n) is 9.64. The summed E-state index contributed by atoms with van der Waals surface area (Å²) in [4.78, 5) is 4.38. The summed E-state index contributed by atoms with van der Waals surface area (Å²) in [5.41, 5.74) is 7.36. The molecule has 3 nitrogen and oxygen atoms in total. The number of aromatic nitrogens is 1. The first-order valence-corrected chi connectivity index (χ1v) is 6.20. The zero-order valence-corrected chi connectivity index (χ0v) is 10.5. The van der Waals surface area contributed by atoms with Gasteiger partial charge in [0.1, 0.15) is 10.8 Å². The number of halogens is 2. The summed E-state index contributed by atoms with van der Waals surface area (Å²) < 4.78 is 28.3. The number of thiazole rings is 1. The van der Waals surface area contributed by atoms with E-state index in [1.54, 1.807) is 12.1 Å². The van der Waals surface area contributed by atoms with Crippen molar-refractivity contribution in [3.8, 4) is 17.0 Å². The first-order chi connectivity index (χ1) is 8.56. The average molecular weight is 270 g/mol. The predicted octanol–water partition coefficient (Wildman–Crippen LogP) is 3.43. The van der Waals surface area contributed by atoms with E-state index < -0.39 is 6.61 Å². The van der Waals surface area contributed by atoms with Crippen molar-refractivity contribution >= 4 is 11.3 Å². The molecule has 0 aliphatic carbocycles. The summed E-state index contributed by atoms with van der Waals surface area (Å²) in [7, 11) is 0. The monoisotopic (exact) mass is 270 g/mol. The van der Waals surface area contributed by atoms with E-state index in [0.717, 1.165) is 16.3 Å². The van der Waals surface area contributed by atoms with E-state index in [-0.39, 0.29) is 11.8 Å². The van der Waals surface area contributed by atoms with E-state index in [1.165, 1.54) is 23.5 Å². The molecular weight excluding hydrogens is 258 g/mol. The Hall–Kier alpha value is -1.53. The largest absolute Gasteiger partial charge is 0.435 e. The van der Waals surface area contributed by atoms with Crippen LogP contribution in [0, 0.1) is 0 Å². The number of ether oxygens (including phenoxy) is 1. The van der Waals surface area contributed by atoms with E-state index in [0.29, 0.717) is 0 Å². The molecule has 0 saturated carbocycles. The molecule has 1 heterocycles. The van der Waals surface area contributed by atoms with Crippen LogP contribution in [0.2, 0.25) is 0 Å². The molecule has 0 saturated heterocycles. The number of nitrogens with zero attached hydrogens (tertiary/aromatic N) is 1. The van der Waals surface area contributed by atoms with Crippen LogP contribution in [0.4, 0.5) is 8.78 Å². The lowest BCUT2D eigenvalue weighted by Gasteiger charge is -2.04. The molecule has 1 unspecified atom stereocenters. The molecule has 6 heteroatoms. The number of rotatable bonds is 4. The third-order valence-electron chi connectivity index (χ3n) is 2.29. The molecule has 2 rings (SSSR count). The summed E-state index contributed by atoms with van der Waals surface area (Å²) in [6.45, 7) is -0.942. The van der Waals surface area contributed by atoms with Gasteiger partial charge >= 0.3 is 6.61 Å². The lowest BCUT2D eigenvalue weighted by molar-refractivity contribution is -0.0498. The van der Waals surface area contributed by atoms with Crippen LogP contribution in [0.1, 0.15) is 18.0 Å².